The zero-order chi connectivity index (χ0) is 16.1. The van der Waals surface area contributed by atoms with Gasteiger partial charge < -0.3 is 15.4 Å². The molecule has 2 unspecified atom stereocenters. The van der Waals surface area contributed by atoms with Gasteiger partial charge >= 0.3 is 6.09 Å². The first-order valence-corrected chi connectivity index (χ1v) is 8.61. The number of carbonyl (C=O) groups is 1. The van der Waals surface area contributed by atoms with E-state index in [1.807, 2.05) is 0 Å². The third-order valence-electron chi connectivity index (χ3n) is 5.76. The maximum absolute atomic E-state index is 12.3. The van der Waals surface area contributed by atoms with Crippen LogP contribution < -0.4 is 10.6 Å². The molecule has 1 heterocycles. The molecule has 2 atom stereocenters. The standard InChI is InChI=1S/C20H20N2O2/c23-19(22-20-9-13(20)10-21-12-20)24-11-18-16-7-3-1-5-14(16)15-6-2-4-8-17(15)18/h1-8,13,18,21H,9-12H2,(H,22,23). The van der Waals surface area contributed by atoms with Gasteiger partial charge in [-0.3, -0.25) is 0 Å². The average Bonchev–Trinajstić information content (AvgIpc) is 2.99. The van der Waals surface area contributed by atoms with Crippen molar-refractivity contribution in [2.45, 2.75) is 17.9 Å². The molecule has 0 radical (unpaired) electrons. The van der Waals surface area contributed by atoms with Crippen LogP contribution in [0.1, 0.15) is 23.5 Å². The molecule has 2 aromatic rings. The number of nitrogens with one attached hydrogen (secondary N) is 2. The Morgan fingerprint density at radius 3 is 2.38 bits per heavy atom. The Kier molecular flexibility index (Phi) is 2.98. The van der Waals surface area contributed by atoms with Crippen LogP contribution in [0.25, 0.3) is 11.1 Å². The first-order chi connectivity index (χ1) is 11.8. The van der Waals surface area contributed by atoms with Crippen molar-refractivity contribution in [1.29, 1.82) is 0 Å². The summed E-state index contributed by atoms with van der Waals surface area (Å²) in [4.78, 5) is 12.3. The second kappa shape index (κ2) is 5.08. The highest BCUT2D eigenvalue weighted by Crippen LogP contribution is 2.46. The number of rotatable bonds is 3. The lowest BCUT2D eigenvalue weighted by molar-refractivity contribution is 0.138. The molecule has 0 spiro atoms. The van der Waals surface area contributed by atoms with Gasteiger partial charge in [-0.25, -0.2) is 4.79 Å². The molecular formula is C20H20N2O2. The van der Waals surface area contributed by atoms with Gasteiger partial charge in [0, 0.05) is 19.0 Å². The molecule has 2 fully saturated rings. The molecule has 1 saturated heterocycles. The van der Waals surface area contributed by atoms with Gasteiger partial charge in [-0.15, -0.1) is 0 Å². The lowest BCUT2D eigenvalue weighted by Crippen LogP contribution is -2.41. The number of alkyl carbamates (subject to hydrolysis) is 1. The van der Waals surface area contributed by atoms with Crippen LogP contribution in [0, 0.1) is 5.92 Å². The molecule has 4 heteroatoms. The minimum absolute atomic E-state index is 0.0391. The third-order valence-corrected chi connectivity index (χ3v) is 5.76. The van der Waals surface area contributed by atoms with Crippen LogP contribution in [0.2, 0.25) is 0 Å². The molecule has 1 amide bonds. The Labute approximate surface area is 141 Å². The van der Waals surface area contributed by atoms with Gasteiger partial charge in [0.15, 0.2) is 0 Å². The lowest BCUT2D eigenvalue weighted by Gasteiger charge is -2.17. The SMILES string of the molecule is O=C(NC12CNCC1C2)OCC1c2ccccc2-c2ccccc21. The van der Waals surface area contributed by atoms with E-state index in [0.29, 0.717) is 12.5 Å². The van der Waals surface area contributed by atoms with Gasteiger partial charge in [-0.05, 0) is 34.6 Å². The maximum atomic E-state index is 12.3. The number of piperidine rings is 1. The van der Waals surface area contributed by atoms with E-state index in [1.54, 1.807) is 0 Å². The predicted octanol–water partition coefficient (Wildman–Crippen LogP) is 2.89. The summed E-state index contributed by atoms with van der Waals surface area (Å²) in [7, 11) is 0. The van der Waals surface area contributed by atoms with Gasteiger partial charge in [0.2, 0.25) is 0 Å². The summed E-state index contributed by atoms with van der Waals surface area (Å²) in [6, 6.07) is 16.8. The molecule has 5 rings (SSSR count). The number of hydrogen-bond acceptors (Lipinski definition) is 3. The van der Waals surface area contributed by atoms with Crippen molar-refractivity contribution in [3.8, 4) is 11.1 Å². The topological polar surface area (TPSA) is 50.4 Å². The second-order valence-corrected chi connectivity index (χ2v) is 7.14. The van der Waals surface area contributed by atoms with E-state index in [2.05, 4.69) is 59.2 Å². The highest BCUT2D eigenvalue weighted by molar-refractivity contribution is 5.79. The zero-order valence-corrected chi connectivity index (χ0v) is 13.4. The fourth-order valence-electron chi connectivity index (χ4n) is 4.37. The van der Waals surface area contributed by atoms with Gasteiger partial charge in [0.05, 0.1) is 5.54 Å². The minimum atomic E-state index is -0.289. The smallest absolute Gasteiger partial charge is 0.407 e. The van der Waals surface area contributed by atoms with Crippen LogP contribution in [0.5, 0.6) is 0 Å². The second-order valence-electron chi connectivity index (χ2n) is 7.14. The van der Waals surface area contributed by atoms with E-state index in [-0.39, 0.29) is 17.6 Å². The summed E-state index contributed by atoms with van der Waals surface area (Å²) in [5, 5.41) is 6.40. The summed E-state index contributed by atoms with van der Waals surface area (Å²) in [5.74, 6) is 0.704. The largest absolute Gasteiger partial charge is 0.449 e. The van der Waals surface area contributed by atoms with Crippen LogP contribution in [-0.2, 0) is 4.74 Å². The van der Waals surface area contributed by atoms with Crippen LogP contribution >= 0.6 is 0 Å². The van der Waals surface area contributed by atoms with Crippen LogP contribution in [0.15, 0.2) is 48.5 Å². The van der Waals surface area contributed by atoms with Crippen molar-refractivity contribution in [1.82, 2.24) is 10.6 Å². The quantitative estimate of drug-likeness (QED) is 0.914. The molecule has 1 saturated carbocycles. The molecule has 2 aliphatic carbocycles. The summed E-state index contributed by atoms with van der Waals surface area (Å²) in [6.45, 7) is 2.25. The van der Waals surface area contributed by atoms with E-state index < -0.39 is 0 Å². The molecule has 0 bridgehead atoms. The van der Waals surface area contributed by atoms with Crippen LogP contribution in [0.4, 0.5) is 4.79 Å². The molecule has 0 aromatic heterocycles. The third kappa shape index (κ3) is 2.06. The summed E-state index contributed by atoms with van der Waals surface area (Å²) in [6.07, 6.45) is 0.785. The molecule has 1 aliphatic heterocycles. The monoisotopic (exact) mass is 320 g/mol. The number of hydrogen-bond donors (Lipinski definition) is 2. The molecule has 3 aliphatic rings. The van der Waals surface area contributed by atoms with Crippen molar-refractivity contribution in [3.63, 3.8) is 0 Å². The lowest BCUT2D eigenvalue weighted by atomic mass is 9.98. The maximum Gasteiger partial charge on any atom is 0.407 e. The van der Waals surface area contributed by atoms with E-state index in [9.17, 15) is 4.79 Å². The molecular weight excluding hydrogens is 300 g/mol. The summed E-state index contributed by atoms with van der Waals surface area (Å²) in [5.41, 5.74) is 4.96. The van der Waals surface area contributed by atoms with Crippen LogP contribution in [0.3, 0.4) is 0 Å². The highest BCUT2D eigenvalue weighted by atomic mass is 16.5. The highest BCUT2D eigenvalue weighted by Gasteiger charge is 2.58. The first-order valence-electron chi connectivity index (χ1n) is 8.61. The molecule has 2 N–H and O–H groups in total. The normalized spacial score (nSPS) is 26.4. The van der Waals surface area contributed by atoms with Crippen molar-refractivity contribution in [2.75, 3.05) is 19.7 Å². The van der Waals surface area contributed by atoms with E-state index in [1.165, 1.54) is 22.3 Å². The zero-order valence-electron chi connectivity index (χ0n) is 13.4. The van der Waals surface area contributed by atoms with Crippen molar-refractivity contribution < 1.29 is 9.53 Å². The van der Waals surface area contributed by atoms with E-state index >= 15 is 0 Å². The van der Waals surface area contributed by atoms with Gasteiger partial charge in [-0.2, -0.15) is 0 Å². The Morgan fingerprint density at radius 2 is 1.79 bits per heavy atom. The first kappa shape index (κ1) is 14.1. The molecule has 122 valence electrons. The van der Waals surface area contributed by atoms with Gasteiger partial charge in [0.1, 0.15) is 6.61 Å². The van der Waals surface area contributed by atoms with Crippen LogP contribution in [-0.4, -0.2) is 31.3 Å². The fraction of sp³-hybridized carbons (Fsp3) is 0.350. The Morgan fingerprint density at radius 1 is 1.12 bits per heavy atom. The van der Waals surface area contributed by atoms with Crippen molar-refractivity contribution >= 4 is 6.09 Å². The van der Waals surface area contributed by atoms with Gasteiger partial charge in [0.25, 0.3) is 0 Å². The summed E-state index contributed by atoms with van der Waals surface area (Å²) >= 11 is 0. The number of amides is 1. The molecule has 24 heavy (non-hydrogen) atoms. The van der Waals surface area contributed by atoms with Crippen molar-refractivity contribution in [2.24, 2.45) is 5.92 Å². The molecule has 4 nitrogen and oxygen atoms in total. The van der Waals surface area contributed by atoms with Gasteiger partial charge in [-0.1, -0.05) is 48.5 Å². The Bertz CT molecular complexity index is 773. The summed E-state index contributed by atoms with van der Waals surface area (Å²) < 4.78 is 5.62. The number of carbonyl (C=O) groups excluding carboxylic acids is 1. The Balaban J connectivity index is 1.33. The molecule has 2 aromatic carbocycles. The number of benzene rings is 2. The average molecular weight is 320 g/mol. The predicted molar refractivity (Wildman–Crippen MR) is 91.9 cm³/mol. The van der Waals surface area contributed by atoms with Crippen molar-refractivity contribution in [3.05, 3.63) is 59.7 Å². The number of ether oxygens (including phenoxy) is 1. The number of fused-ring (bicyclic) bond motifs is 4. The van der Waals surface area contributed by atoms with E-state index in [4.69, 9.17) is 4.74 Å². The fourth-order valence-corrected chi connectivity index (χ4v) is 4.37. The van der Waals surface area contributed by atoms with E-state index in [0.717, 1.165) is 19.5 Å². The minimum Gasteiger partial charge on any atom is -0.449 e. The Hall–Kier alpha value is -2.33.